The quantitative estimate of drug-likeness (QED) is 0.500. The molecule has 0 heterocycles. The first kappa shape index (κ1) is 19.1. The number of carbonyl (C=O) groups is 1. The fourth-order valence-corrected chi connectivity index (χ4v) is 2.52. The molecule has 1 aromatic carbocycles. The standard InChI is InChI=1S/C12H16Cl2N2O5S/c1-15-22(20,21)8-4-2-7(3-5-8)10(18)9(6-17)16-12(19)11(13)14/h2-5,9-11,15,17-18H,6H2,1H3,(H,16,19). The van der Waals surface area contributed by atoms with E-state index in [0.717, 1.165) is 0 Å². The summed E-state index contributed by atoms with van der Waals surface area (Å²) in [6.45, 7) is -0.552. The van der Waals surface area contributed by atoms with Crippen molar-refractivity contribution < 1.29 is 23.4 Å². The predicted octanol–water partition coefficient (Wildman–Crippen LogP) is -0.0911. The Kier molecular flexibility index (Phi) is 7.04. The molecule has 10 heteroatoms. The van der Waals surface area contributed by atoms with Crippen LogP contribution in [0.5, 0.6) is 0 Å². The Labute approximate surface area is 138 Å². The van der Waals surface area contributed by atoms with Crippen molar-refractivity contribution in [3.63, 3.8) is 0 Å². The minimum atomic E-state index is -3.58. The van der Waals surface area contributed by atoms with Crippen LogP contribution in [0.1, 0.15) is 11.7 Å². The number of carbonyl (C=O) groups excluding carboxylic acids is 1. The van der Waals surface area contributed by atoms with Crippen molar-refractivity contribution in [2.75, 3.05) is 13.7 Å². The van der Waals surface area contributed by atoms with E-state index in [1.165, 1.54) is 31.3 Å². The Bertz CT molecular complexity index is 606. The Hall–Kier alpha value is -0.900. The minimum Gasteiger partial charge on any atom is -0.394 e. The average Bonchev–Trinajstić information content (AvgIpc) is 2.51. The summed E-state index contributed by atoms with van der Waals surface area (Å²) in [7, 11) is -2.30. The molecule has 2 unspecified atom stereocenters. The van der Waals surface area contributed by atoms with E-state index in [0.29, 0.717) is 5.56 Å². The number of aliphatic hydroxyl groups excluding tert-OH is 2. The van der Waals surface area contributed by atoms with Gasteiger partial charge in [0.1, 0.15) is 6.10 Å². The molecule has 2 atom stereocenters. The van der Waals surface area contributed by atoms with Crippen molar-refractivity contribution in [2.24, 2.45) is 0 Å². The highest BCUT2D eigenvalue weighted by Gasteiger charge is 2.24. The van der Waals surface area contributed by atoms with Gasteiger partial charge in [-0.15, -0.1) is 0 Å². The summed E-state index contributed by atoms with van der Waals surface area (Å²) in [5, 5.41) is 21.7. The molecule has 0 aliphatic heterocycles. The van der Waals surface area contributed by atoms with Gasteiger partial charge < -0.3 is 15.5 Å². The number of nitrogens with one attached hydrogen (secondary N) is 2. The van der Waals surface area contributed by atoms with E-state index >= 15 is 0 Å². The van der Waals surface area contributed by atoms with Gasteiger partial charge in [-0.25, -0.2) is 13.1 Å². The molecular weight excluding hydrogens is 355 g/mol. The SMILES string of the molecule is CNS(=O)(=O)c1ccc(C(O)C(CO)NC(=O)C(Cl)Cl)cc1. The zero-order valence-corrected chi connectivity index (χ0v) is 13.9. The second-order valence-corrected chi connectivity index (χ2v) is 7.30. The highest BCUT2D eigenvalue weighted by Crippen LogP contribution is 2.19. The van der Waals surface area contributed by atoms with Crippen molar-refractivity contribution >= 4 is 39.1 Å². The number of benzene rings is 1. The van der Waals surface area contributed by atoms with E-state index in [-0.39, 0.29) is 4.90 Å². The molecule has 0 aromatic heterocycles. The van der Waals surface area contributed by atoms with E-state index in [1.54, 1.807) is 0 Å². The molecule has 0 aliphatic carbocycles. The molecular formula is C12H16Cl2N2O5S. The first-order chi connectivity index (χ1) is 10.2. The van der Waals surface area contributed by atoms with E-state index in [2.05, 4.69) is 10.0 Å². The maximum absolute atomic E-state index is 11.6. The molecule has 1 amide bonds. The number of alkyl halides is 2. The number of sulfonamides is 1. The number of hydrogen-bond acceptors (Lipinski definition) is 5. The van der Waals surface area contributed by atoms with Gasteiger partial charge in [-0.1, -0.05) is 35.3 Å². The molecule has 4 N–H and O–H groups in total. The first-order valence-corrected chi connectivity index (χ1v) is 8.49. The van der Waals surface area contributed by atoms with Crippen LogP contribution in [0.15, 0.2) is 29.2 Å². The maximum Gasteiger partial charge on any atom is 0.253 e. The van der Waals surface area contributed by atoms with Gasteiger partial charge in [-0.3, -0.25) is 4.79 Å². The van der Waals surface area contributed by atoms with Crippen LogP contribution in [0.4, 0.5) is 0 Å². The molecule has 22 heavy (non-hydrogen) atoms. The third-order valence-electron chi connectivity index (χ3n) is 2.90. The van der Waals surface area contributed by atoms with Crippen LogP contribution in [-0.2, 0) is 14.8 Å². The molecule has 0 bridgehead atoms. The second kappa shape index (κ2) is 8.09. The number of amides is 1. The molecule has 0 fully saturated rings. The van der Waals surface area contributed by atoms with Gasteiger partial charge in [0, 0.05) is 0 Å². The summed E-state index contributed by atoms with van der Waals surface area (Å²) >= 11 is 10.8. The summed E-state index contributed by atoms with van der Waals surface area (Å²) in [5.74, 6) is -0.754. The third kappa shape index (κ3) is 4.80. The van der Waals surface area contributed by atoms with Gasteiger partial charge in [-0.05, 0) is 24.7 Å². The Morgan fingerprint density at radius 2 is 1.82 bits per heavy atom. The fraction of sp³-hybridized carbons (Fsp3) is 0.417. The summed E-state index contributed by atoms with van der Waals surface area (Å²) in [5.41, 5.74) is 0.315. The van der Waals surface area contributed by atoms with Crippen molar-refractivity contribution in [1.82, 2.24) is 10.0 Å². The van der Waals surface area contributed by atoms with Gasteiger partial charge in [-0.2, -0.15) is 0 Å². The van der Waals surface area contributed by atoms with E-state index in [9.17, 15) is 23.4 Å². The molecule has 0 radical (unpaired) electrons. The fourth-order valence-electron chi connectivity index (χ4n) is 1.66. The molecule has 0 saturated heterocycles. The number of rotatable bonds is 7. The topological polar surface area (TPSA) is 116 Å². The Balaban J connectivity index is 2.92. The lowest BCUT2D eigenvalue weighted by Crippen LogP contribution is -2.44. The number of halogens is 2. The summed E-state index contributed by atoms with van der Waals surface area (Å²) < 4.78 is 25.3. The van der Waals surface area contributed by atoms with Crippen LogP contribution >= 0.6 is 23.2 Å². The van der Waals surface area contributed by atoms with Gasteiger partial charge in [0.2, 0.25) is 10.0 Å². The van der Waals surface area contributed by atoms with Crippen molar-refractivity contribution in [3.05, 3.63) is 29.8 Å². The van der Waals surface area contributed by atoms with Crippen LogP contribution in [0, 0.1) is 0 Å². The van der Waals surface area contributed by atoms with Crippen molar-refractivity contribution in [2.45, 2.75) is 21.9 Å². The van der Waals surface area contributed by atoms with Gasteiger partial charge in [0.15, 0.2) is 4.84 Å². The highest BCUT2D eigenvalue weighted by atomic mass is 35.5. The zero-order valence-electron chi connectivity index (χ0n) is 11.5. The lowest BCUT2D eigenvalue weighted by molar-refractivity contribution is -0.121. The molecule has 124 valence electrons. The molecule has 1 aromatic rings. The molecule has 0 saturated carbocycles. The normalized spacial score (nSPS) is 14.6. The smallest absolute Gasteiger partial charge is 0.253 e. The van der Waals surface area contributed by atoms with Crippen LogP contribution in [-0.4, -0.2) is 49.1 Å². The van der Waals surface area contributed by atoms with Crippen LogP contribution < -0.4 is 10.0 Å². The van der Waals surface area contributed by atoms with E-state index < -0.39 is 39.5 Å². The zero-order chi connectivity index (χ0) is 16.9. The highest BCUT2D eigenvalue weighted by molar-refractivity contribution is 7.89. The van der Waals surface area contributed by atoms with Crippen molar-refractivity contribution in [3.8, 4) is 0 Å². The third-order valence-corrected chi connectivity index (χ3v) is 4.73. The monoisotopic (exact) mass is 370 g/mol. The Morgan fingerprint density at radius 3 is 2.23 bits per heavy atom. The lowest BCUT2D eigenvalue weighted by Gasteiger charge is -2.23. The first-order valence-electron chi connectivity index (χ1n) is 6.14. The van der Waals surface area contributed by atoms with Crippen LogP contribution in [0.3, 0.4) is 0 Å². The van der Waals surface area contributed by atoms with E-state index in [4.69, 9.17) is 23.2 Å². The molecule has 0 aliphatic rings. The second-order valence-electron chi connectivity index (χ2n) is 4.32. The van der Waals surface area contributed by atoms with Crippen LogP contribution in [0.25, 0.3) is 0 Å². The lowest BCUT2D eigenvalue weighted by atomic mass is 10.0. The average molecular weight is 371 g/mol. The number of hydrogen-bond donors (Lipinski definition) is 4. The van der Waals surface area contributed by atoms with Gasteiger partial charge in [0.05, 0.1) is 17.5 Å². The molecule has 0 spiro atoms. The van der Waals surface area contributed by atoms with Crippen molar-refractivity contribution in [1.29, 1.82) is 0 Å². The largest absolute Gasteiger partial charge is 0.394 e. The van der Waals surface area contributed by atoms with Gasteiger partial charge in [0.25, 0.3) is 5.91 Å². The summed E-state index contributed by atoms with van der Waals surface area (Å²) in [6, 6.07) is 4.32. The predicted molar refractivity (Wildman–Crippen MR) is 82.2 cm³/mol. The van der Waals surface area contributed by atoms with E-state index in [1.807, 2.05) is 0 Å². The molecule has 7 nitrogen and oxygen atoms in total. The molecule has 1 rings (SSSR count). The van der Waals surface area contributed by atoms with Gasteiger partial charge >= 0.3 is 0 Å². The summed E-state index contributed by atoms with van der Waals surface area (Å²) in [6.07, 6.45) is -1.26. The maximum atomic E-state index is 11.6. The minimum absolute atomic E-state index is 0.0251. The summed E-state index contributed by atoms with van der Waals surface area (Å²) in [4.78, 5) is 10.1. The Morgan fingerprint density at radius 1 is 1.27 bits per heavy atom. The number of aliphatic hydroxyl groups is 2. The van der Waals surface area contributed by atoms with Crippen LogP contribution in [0.2, 0.25) is 0 Å².